The Morgan fingerprint density at radius 2 is 1.42 bits per heavy atom. The molecule has 0 aromatic heterocycles. The molecule has 0 aromatic rings. The summed E-state index contributed by atoms with van der Waals surface area (Å²) >= 11 is 0. The second-order valence-electron chi connectivity index (χ2n) is 5.87. The summed E-state index contributed by atoms with van der Waals surface area (Å²) in [5.74, 6) is -17.8. The van der Waals surface area contributed by atoms with Crippen LogP contribution in [-0.4, -0.2) is 42.5 Å². The fourth-order valence-corrected chi connectivity index (χ4v) is 1.39. The lowest BCUT2D eigenvalue weighted by atomic mass is 10.0. The standard InChI is InChI=1S/C13H18F7NO3/c1-6(2)5-24-9(22)8(7(3)4)21-10(23)11(14,15)12(16,17)13(18,19)20/h6-8H,5H2,1-4H3,(H,21,23). The van der Waals surface area contributed by atoms with Gasteiger partial charge in [-0.25, -0.2) is 4.79 Å². The number of rotatable bonds is 7. The van der Waals surface area contributed by atoms with Crippen molar-refractivity contribution in [3.63, 3.8) is 0 Å². The smallest absolute Gasteiger partial charge is 0.460 e. The Kier molecular flexibility index (Phi) is 7.07. The third-order valence-electron chi connectivity index (χ3n) is 2.80. The van der Waals surface area contributed by atoms with E-state index >= 15 is 0 Å². The van der Waals surface area contributed by atoms with Gasteiger partial charge in [-0.3, -0.25) is 4.79 Å². The van der Waals surface area contributed by atoms with E-state index in [0.29, 0.717) is 0 Å². The van der Waals surface area contributed by atoms with E-state index in [1.54, 1.807) is 13.8 Å². The van der Waals surface area contributed by atoms with Gasteiger partial charge in [0.25, 0.3) is 5.91 Å². The Labute approximate surface area is 133 Å². The maximum Gasteiger partial charge on any atom is 0.460 e. The molecule has 1 N–H and O–H groups in total. The minimum absolute atomic E-state index is 0.145. The number of amides is 1. The van der Waals surface area contributed by atoms with Crippen LogP contribution in [0.3, 0.4) is 0 Å². The predicted molar refractivity (Wildman–Crippen MR) is 68.5 cm³/mol. The molecule has 0 fully saturated rings. The summed E-state index contributed by atoms with van der Waals surface area (Å²) in [6.07, 6.45) is -6.64. The Morgan fingerprint density at radius 3 is 1.75 bits per heavy atom. The molecule has 0 aliphatic rings. The van der Waals surface area contributed by atoms with Crippen molar-refractivity contribution in [2.75, 3.05) is 6.61 Å². The first-order chi connectivity index (χ1) is 10.6. The topological polar surface area (TPSA) is 55.4 Å². The molecular weight excluding hydrogens is 351 g/mol. The molecule has 4 nitrogen and oxygen atoms in total. The zero-order chi connectivity index (χ0) is 19.5. The Hall–Kier alpha value is -1.55. The Bertz CT molecular complexity index is 461. The van der Waals surface area contributed by atoms with Crippen LogP contribution in [-0.2, 0) is 14.3 Å². The van der Waals surface area contributed by atoms with Crippen LogP contribution in [0.15, 0.2) is 0 Å². The van der Waals surface area contributed by atoms with Crippen LogP contribution in [0, 0.1) is 11.8 Å². The fourth-order valence-electron chi connectivity index (χ4n) is 1.39. The van der Waals surface area contributed by atoms with Crippen LogP contribution < -0.4 is 5.32 Å². The van der Waals surface area contributed by atoms with E-state index in [2.05, 4.69) is 4.74 Å². The van der Waals surface area contributed by atoms with Gasteiger partial charge >= 0.3 is 24.0 Å². The van der Waals surface area contributed by atoms with Crippen LogP contribution in [0.2, 0.25) is 0 Å². The Balaban J connectivity index is 5.30. The monoisotopic (exact) mass is 369 g/mol. The summed E-state index contributed by atoms with van der Waals surface area (Å²) in [4.78, 5) is 23.0. The largest absolute Gasteiger partial charge is 0.464 e. The van der Waals surface area contributed by atoms with Crippen molar-refractivity contribution in [1.82, 2.24) is 5.32 Å². The molecule has 0 aliphatic heterocycles. The molecule has 0 radical (unpaired) electrons. The molecule has 142 valence electrons. The van der Waals surface area contributed by atoms with E-state index in [0.717, 1.165) is 0 Å². The lowest BCUT2D eigenvalue weighted by molar-refractivity contribution is -0.344. The fraction of sp³-hybridized carbons (Fsp3) is 0.846. The van der Waals surface area contributed by atoms with Gasteiger partial charge in [0.2, 0.25) is 0 Å². The first kappa shape index (κ1) is 22.4. The van der Waals surface area contributed by atoms with E-state index in [1.807, 2.05) is 0 Å². The summed E-state index contributed by atoms with van der Waals surface area (Å²) in [7, 11) is 0. The molecular formula is C13H18F7NO3. The van der Waals surface area contributed by atoms with Gasteiger partial charge in [-0.1, -0.05) is 27.7 Å². The van der Waals surface area contributed by atoms with Gasteiger partial charge in [-0.15, -0.1) is 0 Å². The number of hydrogen-bond acceptors (Lipinski definition) is 3. The van der Waals surface area contributed by atoms with Crippen molar-refractivity contribution in [3.05, 3.63) is 0 Å². The van der Waals surface area contributed by atoms with E-state index in [9.17, 15) is 40.3 Å². The predicted octanol–water partition coefficient (Wildman–Crippen LogP) is 3.16. The molecule has 0 aromatic carbocycles. The number of ether oxygens (including phenoxy) is 1. The van der Waals surface area contributed by atoms with Crippen molar-refractivity contribution in [2.45, 2.75) is 51.8 Å². The highest BCUT2D eigenvalue weighted by Crippen LogP contribution is 2.46. The van der Waals surface area contributed by atoms with Gasteiger partial charge in [-0.05, 0) is 11.8 Å². The third kappa shape index (κ3) is 4.97. The zero-order valence-electron chi connectivity index (χ0n) is 13.3. The zero-order valence-corrected chi connectivity index (χ0v) is 13.3. The minimum Gasteiger partial charge on any atom is -0.464 e. The molecule has 24 heavy (non-hydrogen) atoms. The maximum absolute atomic E-state index is 13.3. The lowest BCUT2D eigenvalue weighted by Gasteiger charge is -2.29. The molecule has 0 aliphatic carbocycles. The molecule has 0 saturated carbocycles. The lowest BCUT2D eigenvalue weighted by Crippen LogP contribution is -2.62. The van der Waals surface area contributed by atoms with Crippen LogP contribution in [0.1, 0.15) is 27.7 Å². The van der Waals surface area contributed by atoms with Gasteiger partial charge in [0.05, 0.1) is 6.61 Å². The van der Waals surface area contributed by atoms with Gasteiger partial charge < -0.3 is 10.1 Å². The number of nitrogens with one attached hydrogen (secondary N) is 1. The van der Waals surface area contributed by atoms with Crippen LogP contribution in [0.4, 0.5) is 30.7 Å². The van der Waals surface area contributed by atoms with Gasteiger partial charge in [0.1, 0.15) is 6.04 Å². The molecule has 0 rings (SSSR count). The number of alkyl halides is 7. The van der Waals surface area contributed by atoms with Crippen molar-refractivity contribution in [3.8, 4) is 0 Å². The molecule has 1 atom stereocenters. The molecule has 0 bridgehead atoms. The Morgan fingerprint density at radius 1 is 0.958 bits per heavy atom. The van der Waals surface area contributed by atoms with E-state index in [1.165, 1.54) is 19.2 Å². The maximum atomic E-state index is 13.3. The van der Waals surface area contributed by atoms with E-state index in [-0.39, 0.29) is 12.5 Å². The third-order valence-corrected chi connectivity index (χ3v) is 2.80. The van der Waals surface area contributed by atoms with Crippen molar-refractivity contribution in [1.29, 1.82) is 0 Å². The van der Waals surface area contributed by atoms with E-state index in [4.69, 9.17) is 0 Å². The number of halogens is 7. The molecule has 0 heterocycles. The quantitative estimate of drug-likeness (QED) is 0.554. The molecule has 11 heteroatoms. The van der Waals surface area contributed by atoms with Gasteiger partial charge in [0, 0.05) is 0 Å². The first-order valence-electron chi connectivity index (χ1n) is 6.85. The first-order valence-corrected chi connectivity index (χ1v) is 6.85. The highest BCUT2D eigenvalue weighted by molar-refractivity contribution is 5.89. The minimum atomic E-state index is -6.64. The second kappa shape index (κ2) is 7.56. The number of carbonyl (C=O) groups is 2. The van der Waals surface area contributed by atoms with Crippen molar-refractivity contribution in [2.24, 2.45) is 11.8 Å². The van der Waals surface area contributed by atoms with Crippen LogP contribution in [0.25, 0.3) is 0 Å². The summed E-state index contributed by atoms with van der Waals surface area (Å²) in [5, 5.41) is 1.21. The highest BCUT2D eigenvalue weighted by Gasteiger charge is 2.76. The number of carbonyl (C=O) groups excluding carboxylic acids is 2. The average Bonchev–Trinajstić information content (AvgIpc) is 2.39. The second-order valence-corrected chi connectivity index (χ2v) is 5.87. The van der Waals surface area contributed by atoms with Crippen LogP contribution >= 0.6 is 0 Å². The molecule has 0 saturated heterocycles. The van der Waals surface area contributed by atoms with Gasteiger partial charge in [0.15, 0.2) is 0 Å². The summed E-state index contributed by atoms with van der Waals surface area (Å²) in [5.41, 5.74) is 0. The SMILES string of the molecule is CC(C)COC(=O)C(NC(=O)C(F)(F)C(F)(F)C(F)(F)F)C(C)C. The molecule has 1 unspecified atom stereocenters. The van der Waals surface area contributed by atoms with Crippen molar-refractivity contribution >= 4 is 11.9 Å². The summed E-state index contributed by atoms with van der Waals surface area (Å²) < 4.78 is 93.0. The summed E-state index contributed by atoms with van der Waals surface area (Å²) in [6.45, 7) is 5.68. The molecule has 0 spiro atoms. The summed E-state index contributed by atoms with van der Waals surface area (Å²) in [6, 6.07) is -1.80. The van der Waals surface area contributed by atoms with Crippen LogP contribution in [0.5, 0.6) is 0 Å². The van der Waals surface area contributed by atoms with E-state index < -0.39 is 41.9 Å². The average molecular weight is 369 g/mol. The van der Waals surface area contributed by atoms with Gasteiger partial charge in [-0.2, -0.15) is 30.7 Å². The molecule has 1 amide bonds. The number of esters is 1. The normalized spacial score (nSPS) is 14.7. The number of hydrogen-bond donors (Lipinski definition) is 1. The van der Waals surface area contributed by atoms with Crippen molar-refractivity contribution < 1.29 is 45.1 Å². The highest BCUT2D eigenvalue weighted by atomic mass is 19.4.